The van der Waals surface area contributed by atoms with Crippen molar-refractivity contribution in [3.05, 3.63) is 12.1 Å². The van der Waals surface area contributed by atoms with Crippen molar-refractivity contribution in [3.8, 4) is 17.2 Å². The van der Waals surface area contributed by atoms with Gasteiger partial charge in [0, 0.05) is 31.5 Å². The molecule has 1 rings (SSSR count). The Morgan fingerprint density at radius 3 is 2.10 bits per heavy atom. The molecule has 0 bridgehead atoms. The van der Waals surface area contributed by atoms with Crippen LogP contribution in [0.25, 0.3) is 0 Å². The van der Waals surface area contributed by atoms with E-state index in [0.29, 0.717) is 22.9 Å². The Balaban J connectivity index is 2.91. The highest BCUT2D eigenvalue weighted by molar-refractivity contribution is 5.91. The van der Waals surface area contributed by atoms with Gasteiger partial charge in [0.05, 0.1) is 33.9 Å². The zero-order valence-electron chi connectivity index (χ0n) is 12.8. The molecule has 0 fully saturated rings. The summed E-state index contributed by atoms with van der Waals surface area (Å²) in [5.41, 5.74) is 6.04. The van der Waals surface area contributed by atoms with Gasteiger partial charge in [0.2, 0.25) is 11.7 Å². The normalized spacial score (nSPS) is 11.7. The molecule has 7 heteroatoms. The van der Waals surface area contributed by atoms with E-state index >= 15 is 0 Å². The molecular formula is C14H22N2O5. The lowest BCUT2D eigenvalue weighted by atomic mass is 10.2. The van der Waals surface area contributed by atoms with Crippen LogP contribution in [0, 0.1) is 0 Å². The zero-order valence-corrected chi connectivity index (χ0v) is 12.8. The molecular weight excluding hydrogens is 276 g/mol. The molecule has 0 aromatic heterocycles. The second-order valence-corrected chi connectivity index (χ2v) is 4.26. The predicted octanol–water partition coefficient (Wildman–Crippen LogP) is 1.01. The Bertz CT molecular complexity index is 449. The third kappa shape index (κ3) is 4.51. The Morgan fingerprint density at radius 2 is 1.71 bits per heavy atom. The molecule has 0 saturated heterocycles. The molecule has 1 aromatic rings. The maximum absolute atomic E-state index is 11.9. The number of benzene rings is 1. The molecule has 1 aromatic carbocycles. The van der Waals surface area contributed by atoms with Crippen molar-refractivity contribution in [3.63, 3.8) is 0 Å². The number of amides is 1. The van der Waals surface area contributed by atoms with Gasteiger partial charge in [-0.3, -0.25) is 4.79 Å². The van der Waals surface area contributed by atoms with E-state index in [-0.39, 0.29) is 25.0 Å². The number of carbonyl (C=O) groups is 1. The van der Waals surface area contributed by atoms with Crippen molar-refractivity contribution in [1.29, 1.82) is 0 Å². The fraction of sp³-hybridized carbons (Fsp3) is 0.500. The highest BCUT2D eigenvalue weighted by Gasteiger charge is 2.16. The summed E-state index contributed by atoms with van der Waals surface area (Å²) in [5.74, 6) is 1.19. The largest absolute Gasteiger partial charge is 0.493 e. The predicted molar refractivity (Wildman–Crippen MR) is 79.2 cm³/mol. The average Bonchev–Trinajstić information content (AvgIpc) is 2.51. The number of carbonyl (C=O) groups excluding carboxylic acids is 1. The molecule has 1 atom stereocenters. The molecule has 7 nitrogen and oxygen atoms in total. The van der Waals surface area contributed by atoms with Crippen LogP contribution in [0.15, 0.2) is 12.1 Å². The quantitative estimate of drug-likeness (QED) is 0.744. The van der Waals surface area contributed by atoms with Crippen LogP contribution in [0.3, 0.4) is 0 Å². The van der Waals surface area contributed by atoms with Crippen LogP contribution >= 0.6 is 0 Å². The van der Waals surface area contributed by atoms with Gasteiger partial charge < -0.3 is 30.0 Å². The van der Waals surface area contributed by atoms with Gasteiger partial charge in [-0.25, -0.2) is 0 Å². The first-order chi connectivity index (χ1) is 10.1. The Morgan fingerprint density at radius 1 is 1.14 bits per heavy atom. The van der Waals surface area contributed by atoms with Crippen molar-refractivity contribution < 1.29 is 23.7 Å². The average molecular weight is 298 g/mol. The van der Waals surface area contributed by atoms with Crippen molar-refractivity contribution in [2.45, 2.75) is 12.5 Å². The van der Waals surface area contributed by atoms with E-state index in [1.54, 1.807) is 12.1 Å². The first-order valence-electron chi connectivity index (χ1n) is 6.42. The number of anilines is 1. The van der Waals surface area contributed by atoms with Crippen LogP contribution in [-0.2, 0) is 9.53 Å². The molecule has 0 heterocycles. The molecule has 3 N–H and O–H groups in total. The van der Waals surface area contributed by atoms with Crippen molar-refractivity contribution >= 4 is 11.6 Å². The molecule has 0 aliphatic carbocycles. The minimum absolute atomic E-state index is 0.170. The Hall–Kier alpha value is -1.99. The monoisotopic (exact) mass is 298 g/mol. The lowest BCUT2D eigenvalue weighted by molar-refractivity contribution is -0.118. The number of hydrogen-bond donors (Lipinski definition) is 2. The lowest BCUT2D eigenvalue weighted by Gasteiger charge is -2.16. The number of methoxy groups -OCH3 is 4. The first kappa shape index (κ1) is 17.1. The molecule has 0 aliphatic heterocycles. The van der Waals surface area contributed by atoms with Gasteiger partial charge in [-0.2, -0.15) is 0 Å². The molecule has 0 saturated carbocycles. The second kappa shape index (κ2) is 8.33. The van der Waals surface area contributed by atoms with Crippen LogP contribution < -0.4 is 25.3 Å². The van der Waals surface area contributed by atoms with E-state index in [1.165, 1.54) is 28.4 Å². The smallest absolute Gasteiger partial charge is 0.227 e. The van der Waals surface area contributed by atoms with Gasteiger partial charge in [-0.1, -0.05) is 0 Å². The van der Waals surface area contributed by atoms with Gasteiger partial charge in [-0.15, -0.1) is 0 Å². The standard InChI is InChI=1S/C14H22N2O5/c1-18-10(8-15)7-13(17)16-9-5-11(19-2)14(21-4)12(6-9)20-3/h5-6,10H,7-8,15H2,1-4H3,(H,16,17). The minimum Gasteiger partial charge on any atom is -0.493 e. The van der Waals surface area contributed by atoms with Gasteiger partial charge >= 0.3 is 0 Å². The number of nitrogens with one attached hydrogen (secondary N) is 1. The van der Waals surface area contributed by atoms with Gasteiger partial charge in [-0.05, 0) is 0 Å². The molecule has 1 amide bonds. The van der Waals surface area contributed by atoms with Crippen LogP contribution in [-0.4, -0.2) is 47.0 Å². The molecule has 0 spiro atoms. The van der Waals surface area contributed by atoms with E-state index in [4.69, 9.17) is 24.7 Å². The van der Waals surface area contributed by atoms with E-state index in [2.05, 4.69) is 5.32 Å². The summed E-state index contributed by atoms with van der Waals surface area (Å²) >= 11 is 0. The topological polar surface area (TPSA) is 92.0 Å². The zero-order chi connectivity index (χ0) is 15.8. The summed E-state index contributed by atoms with van der Waals surface area (Å²) in [5, 5.41) is 2.75. The summed E-state index contributed by atoms with van der Waals surface area (Å²) < 4.78 is 20.7. The van der Waals surface area contributed by atoms with E-state index in [9.17, 15) is 4.79 Å². The second-order valence-electron chi connectivity index (χ2n) is 4.26. The molecule has 118 valence electrons. The van der Waals surface area contributed by atoms with E-state index in [0.717, 1.165) is 0 Å². The summed E-state index contributed by atoms with van der Waals surface area (Å²) in [7, 11) is 6.06. The SMILES string of the molecule is COc1cc(NC(=O)CC(CN)OC)cc(OC)c1OC. The minimum atomic E-state index is -0.313. The fourth-order valence-electron chi connectivity index (χ4n) is 1.83. The summed E-state index contributed by atoms with van der Waals surface area (Å²) in [6, 6.07) is 3.31. The number of rotatable bonds is 8. The third-order valence-corrected chi connectivity index (χ3v) is 2.96. The van der Waals surface area contributed by atoms with E-state index in [1.807, 2.05) is 0 Å². The third-order valence-electron chi connectivity index (χ3n) is 2.96. The van der Waals surface area contributed by atoms with Crippen LogP contribution in [0.4, 0.5) is 5.69 Å². The summed E-state index contributed by atoms with van der Waals surface area (Å²) in [6.07, 6.45) is -0.143. The highest BCUT2D eigenvalue weighted by atomic mass is 16.5. The van der Waals surface area contributed by atoms with E-state index < -0.39 is 0 Å². The van der Waals surface area contributed by atoms with Gasteiger partial charge in [0.1, 0.15) is 0 Å². The molecule has 0 radical (unpaired) electrons. The molecule has 0 aliphatic rings. The summed E-state index contributed by atoms with van der Waals surface area (Å²) in [6.45, 7) is 0.277. The maximum atomic E-state index is 11.9. The van der Waals surface area contributed by atoms with Crippen molar-refractivity contribution in [2.75, 3.05) is 40.3 Å². The van der Waals surface area contributed by atoms with Crippen LogP contribution in [0.5, 0.6) is 17.2 Å². The number of ether oxygens (including phenoxy) is 4. The van der Waals surface area contributed by atoms with Crippen LogP contribution in [0.1, 0.15) is 6.42 Å². The number of hydrogen-bond acceptors (Lipinski definition) is 6. The fourth-order valence-corrected chi connectivity index (χ4v) is 1.83. The van der Waals surface area contributed by atoms with Gasteiger partial charge in [0.25, 0.3) is 0 Å². The maximum Gasteiger partial charge on any atom is 0.227 e. The first-order valence-corrected chi connectivity index (χ1v) is 6.42. The Labute approximate surface area is 124 Å². The van der Waals surface area contributed by atoms with Crippen molar-refractivity contribution in [2.24, 2.45) is 5.73 Å². The van der Waals surface area contributed by atoms with Crippen molar-refractivity contribution in [1.82, 2.24) is 0 Å². The van der Waals surface area contributed by atoms with Crippen LogP contribution in [0.2, 0.25) is 0 Å². The molecule has 1 unspecified atom stereocenters. The lowest BCUT2D eigenvalue weighted by Crippen LogP contribution is -2.28. The summed E-state index contributed by atoms with van der Waals surface area (Å²) in [4.78, 5) is 11.9. The number of nitrogens with two attached hydrogens (primary N) is 1. The molecule has 21 heavy (non-hydrogen) atoms. The highest BCUT2D eigenvalue weighted by Crippen LogP contribution is 2.39. The van der Waals surface area contributed by atoms with Gasteiger partial charge in [0.15, 0.2) is 11.5 Å². The Kier molecular flexibility index (Phi) is 6.77.